The molecule has 1 rings (SSSR count). The lowest BCUT2D eigenvalue weighted by Gasteiger charge is -2.16. The minimum atomic E-state index is -0.618. The molecule has 0 heterocycles. The molecule has 0 aromatic heterocycles. The summed E-state index contributed by atoms with van der Waals surface area (Å²) in [7, 11) is 0. The number of carbonyl (C=O) groups is 1. The molecule has 0 fully saturated rings. The van der Waals surface area contributed by atoms with E-state index in [1.165, 1.54) is 0 Å². The van der Waals surface area contributed by atoms with Crippen molar-refractivity contribution in [2.45, 2.75) is 26.4 Å². The van der Waals surface area contributed by atoms with Crippen LogP contribution < -0.4 is 4.74 Å². The van der Waals surface area contributed by atoms with Crippen molar-refractivity contribution in [2.75, 3.05) is 6.61 Å². The molecule has 1 aromatic carbocycles. The summed E-state index contributed by atoms with van der Waals surface area (Å²) in [6.45, 7) is 3.93. The molecule has 17 heavy (non-hydrogen) atoms. The highest BCUT2D eigenvalue weighted by molar-refractivity contribution is 6.42. The van der Waals surface area contributed by atoms with E-state index >= 15 is 0 Å². The summed E-state index contributed by atoms with van der Waals surface area (Å²) >= 11 is 11.6. The second-order valence-electron chi connectivity index (χ2n) is 3.34. The van der Waals surface area contributed by atoms with Crippen molar-refractivity contribution in [2.24, 2.45) is 0 Å². The molecule has 0 radical (unpaired) electrons. The molecule has 0 spiro atoms. The van der Waals surface area contributed by atoms with E-state index < -0.39 is 6.10 Å². The lowest BCUT2D eigenvalue weighted by atomic mass is 10.2. The first-order chi connectivity index (χ1) is 8.08. The van der Waals surface area contributed by atoms with Gasteiger partial charge in [0.25, 0.3) is 0 Å². The van der Waals surface area contributed by atoms with E-state index in [0.717, 1.165) is 0 Å². The number of esters is 1. The summed E-state index contributed by atoms with van der Waals surface area (Å²) in [4.78, 5) is 11.5. The SMILES string of the molecule is CCOC(=O)C(CC)Oc1ccc(Cl)c(Cl)c1. The van der Waals surface area contributed by atoms with E-state index in [-0.39, 0.29) is 5.97 Å². The van der Waals surface area contributed by atoms with Crippen molar-refractivity contribution < 1.29 is 14.3 Å². The number of hydrogen-bond donors (Lipinski definition) is 0. The monoisotopic (exact) mass is 276 g/mol. The molecule has 94 valence electrons. The van der Waals surface area contributed by atoms with E-state index in [0.29, 0.717) is 28.8 Å². The Kier molecular flexibility index (Phi) is 5.59. The van der Waals surface area contributed by atoms with Gasteiger partial charge in [-0.15, -0.1) is 0 Å². The van der Waals surface area contributed by atoms with Crippen LogP contribution in [0.15, 0.2) is 18.2 Å². The zero-order valence-electron chi connectivity index (χ0n) is 9.70. The first-order valence-corrected chi connectivity index (χ1v) is 6.12. The summed E-state index contributed by atoms with van der Waals surface area (Å²) in [6, 6.07) is 4.86. The van der Waals surface area contributed by atoms with Crippen LogP contribution in [0.5, 0.6) is 5.75 Å². The van der Waals surface area contributed by atoms with Gasteiger partial charge in [-0.3, -0.25) is 0 Å². The average molecular weight is 277 g/mol. The molecule has 0 saturated carbocycles. The van der Waals surface area contributed by atoms with Gasteiger partial charge in [-0.25, -0.2) is 4.79 Å². The number of halogens is 2. The van der Waals surface area contributed by atoms with Gasteiger partial charge in [0.15, 0.2) is 6.10 Å². The summed E-state index contributed by atoms with van der Waals surface area (Å²) in [6.07, 6.45) is -0.0915. The van der Waals surface area contributed by atoms with E-state index in [1.54, 1.807) is 25.1 Å². The third-order valence-electron chi connectivity index (χ3n) is 2.09. The summed E-state index contributed by atoms with van der Waals surface area (Å²) < 4.78 is 10.4. The average Bonchev–Trinajstić information content (AvgIpc) is 2.30. The van der Waals surface area contributed by atoms with Gasteiger partial charge in [0.2, 0.25) is 0 Å². The maximum Gasteiger partial charge on any atom is 0.347 e. The molecule has 0 saturated heterocycles. The van der Waals surface area contributed by atoms with Crippen LogP contribution in [0.1, 0.15) is 20.3 Å². The van der Waals surface area contributed by atoms with Crippen LogP contribution in [-0.2, 0) is 9.53 Å². The molecule has 0 bridgehead atoms. The van der Waals surface area contributed by atoms with Crippen LogP contribution in [0.4, 0.5) is 0 Å². The lowest BCUT2D eigenvalue weighted by molar-refractivity contribution is -0.151. The molecular weight excluding hydrogens is 263 g/mol. The standard InChI is InChI=1S/C12H14Cl2O3/c1-3-11(12(15)16-4-2)17-8-5-6-9(13)10(14)7-8/h5-7,11H,3-4H2,1-2H3. The normalized spacial score (nSPS) is 12.0. The molecule has 0 aliphatic heterocycles. The smallest absolute Gasteiger partial charge is 0.347 e. The van der Waals surface area contributed by atoms with Crippen LogP contribution in [0.25, 0.3) is 0 Å². The first-order valence-electron chi connectivity index (χ1n) is 5.36. The molecule has 1 atom stereocenters. The molecule has 0 amide bonds. The van der Waals surface area contributed by atoms with Crippen LogP contribution in [0.3, 0.4) is 0 Å². The molecule has 1 aromatic rings. The minimum Gasteiger partial charge on any atom is -0.479 e. The number of carbonyl (C=O) groups excluding carboxylic acids is 1. The third-order valence-corrected chi connectivity index (χ3v) is 2.83. The predicted molar refractivity (Wildman–Crippen MR) is 67.8 cm³/mol. The van der Waals surface area contributed by atoms with Crippen LogP contribution in [0, 0.1) is 0 Å². The Hall–Kier alpha value is -0.930. The Bertz CT molecular complexity index is 393. The van der Waals surface area contributed by atoms with Crippen LogP contribution >= 0.6 is 23.2 Å². The largest absolute Gasteiger partial charge is 0.479 e. The van der Waals surface area contributed by atoms with E-state index in [1.807, 2.05) is 6.92 Å². The zero-order chi connectivity index (χ0) is 12.8. The van der Waals surface area contributed by atoms with Gasteiger partial charge in [0.05, 0.1) is 16.7 Å². The number of benzene rings is 1. The number of rotatable bonds is 5. The molecule has 1 unspecified atom stereocenters. The maximum atomic E-state index is 11.5. The summed E-state index contributed by atoms with van der Waals surface area (Å²) in [5.41, 5.74) is 0. The second kappa shape index (κ2) is 6.72. The van der Waals surface area contributed by atoms with Crippen molar-refractivity contribution >= 4 is 29.2 Å². The van der Waals surface area contributed by atoms with Gasteiger partial charge < -0.3 is 9.47 Å². The van der Waals surface area contributed by atoms with Gasteiger partial charge >= 0.3 is 5.97 Å². The number of hydrogen-bond acceptors (Lipinski definition) is 3. The summed E-state index contributed by atoms with van der Waals surface area (Å²) in [5.74, 6) is 0.125. The van der Waals surface area contributed by atoms with Crippen molar-refractivity contribution in [3.8, 4) is 5.75 Å². The Morgan fingerprint density at radius 1 is 1.29 bits per heavy atom. The van der Waals surface area contributed by atoms with Crippen molar-refractivity contribution in [3.63, 3.8) is 0 Å². The maximum absolute atomic E-state index is 11.5. The zero-order valence-corrected chi connectivity index (χ0v) is 11.2. The summed E-state index contributed by atoms with van der Waals surface area (Å²) in [5, 5.41) is 0.839. The Labute approximate surface area is 111 Å². The van der Waals surface area contributed by atoms with Gasteiger partial charge in [0, 0.05) is 6.07 Å². The van der Waals surface area contributed by atoms with Gasteiger partial charge in [-0.05, 0) is 25.5 Å². The van der Waals surface area contributed by atoms with Crippen molar-refractivity contribution in [1.82, 2.24) is 0 Å². The Morgan fingerprint density at radius 2 is 2.00 bits per heavy atom. The fraction of sp³-hybridized carbons (Fsp3) is 0.417. The predicted octanol–water partition coefficient (Wildman–Crippen LogP) is 3.71. The lowest BCUT2D eigenvalue weighted by Crippen LogP contribution is -2.28. The topological polar surface area (TPSA) is 35.5 Å². The molecule has 5 heteroatoms. The van der Waals surface area contributed by atoms with Crippen LogP contribution in [-0.4, -0.2) is 18.7 Å². The van der Waals surface area contributed by atoms with Gasteiger partial charge in [-0.1, -0.05) is 30.1 Å². The van der Waals surface area contributed by atoms with E-state index in [4.69, 9.17) is 32.7 Å². The fourth-order valence-electron chi connectivity index (χ4n) is 1.25. The van der Waals surface area contributed by atoms with Gasteiger partial charge in [0.1, 0.15) is 5.75 Å². The first kappa shape index (κ1) is 14.1. The molecule has 0 aliphatic rings. The highest BCUT2D eigenvalue weighted by Gasteiger charge is 2.19. The highest BCUT2D eigenvalue weighted by atomic mass is 35.5. The molecule has 0 N–H and O–H groups in total. The Balaban J connectivity index is 2.73. The quantitative estimate of drug-likeness (QED) is 0.769. The van der Waals surface area contributed by atoms with Crippen molar-refractivity contribution in [3.05, 3.63) is 28.2 Å². The van der Waals surface area contributed by atoms with Crippen LogP contribution in [0.2, 0.25) is 10.0 Å². The highest BCUT2D eigenvalue weighted by Crippen LogP contribution is 2.27. The van der Waals surface area contributed by atoms with Crippen molar-refractivity contribution in [1.29, 1.82) is 0 Å². The van der Waals surface area contributed by atoms with Gasteiger partial charge in [-0.2, -0.15) is 0 Å². The molecule has 3 nitrogen and oxygen atoms in total. The fourth-order valence-corrected chi connectivity index (χ4v) is 1.54. The van der Waals surface area contributed by atoms with E-state index in [9.17, 15) is 4.79 Å². The van der Waals surface area contributed by atoms with E-state index in [2.05, 4.69) is 0 Å². The Morgan fingerprint density at radius 3 is 2.53 bits per heavy atom. The second-order valence-corrected chi connectivity index (χ2v) is 4.16. The third kappa shape index (κ3) is 4.10. The molecular formula is C12H14Cl2O3. The minimum absolute atomic E-state index is 0.333. The number of ether oxygens (including phenoxy) is 2. The molecule has 0 aliphatic carbocycles.